The maximum atomic E-state index is 12.4. The first-order valence-electron chi connectivity index (χ1n) is 8.26. The molecule has 0 unspecified atom stereocenters. The number of Topliss-reactive ketones (excluding diaryl/α,β-unsaturated/α-hetero) is 1. The Morgan fingerprint density at radius 2 is 1.88 bits per heavy atom. The summed E-state index contributed by atoms with van der Waals surface area (Å²) < 4.78 is 4.86. The van der Waals surface area contributed by atoms with Crippen molar-refractivity contribution in [3.05, 3.63) is 23.3 Å². The molecule has 24 heavy (non-hydrogen) atoms. The summed E-state index contributed by atoms with van der Waals surface area (Å²) in [4.78, 5) is 24.0. The third kappa shape index (κ3) is 6.58. The van der Waals surface area contributed by atoms with Crippen LogP contribution in [0, 0.1) is 0 Å². The van der Waals surface area contributed by atoms with Crippen LogP contribution in [0.25, 0.3) is 0 Å². The van der Waals surface area contributed by atoms with Gasteiger partial charge in [-0.3, -0.25) is 9.59 Å². The van der Waals surface area contributed by atoms with E-state index in [0.29, 0.717) is 12.8 Å². The molecule has 0 saturated heterocycles. The van der Waals surface area contributed by atoms with Crippen LogP contribution in [0.5, 0.6) is 11.5 Å². The van der Waals surface area contributed by atoms with Crippen LogP contribution in [0.4, 0.5) is 0 Å². The number of unbranched alkanes of at least 4 members (excludes halogenated alkanes) is 2. The van der Waals surface area contributed by atoms with E-state index in [2.05, 4.69) is 0 Å². The van der Waals surface area contributed by atoms with Gasteiger partial charge in [-0.25, -0.2) is 0 Å². The number of aliphatic hydroxyl groups is 1. The molecule has 1 aromatic carbocycles. The van der Waals surface area contributed by atoms with Crippen molar-refractivity contribution >= 4 is 11.8 Å². The molecule has 0 radical (unpaired) electrons. The highest BCUT2D eigenvalue weighted by Gasteiger charge is 2.20. The number of rotatable bonds is 10. The number of esters is 1. The second kappa shape index (κ2) is 9.93. The number of carbonyl (C=O) groups is 2. The number of benzene rings is 1. The minimum absolute atomic E-state index is 0.0661. The van der Waals surface area contributed by atoms with Crippen molar-refractivity contribution in [3.8, 4) is 11.5 Å². The number of phenolic OH excluding ortho intramolecular Hbond substituents is 2. The normalized spacial score (nSPS) is 12.0. The molecule has 0 heterocycles. The first-order chi connectivity index (χ1) is 11.3. The number of aliphatic hydroxyl groups excluding tert-OH is 1. The van der Waals surface area contributed by atoms with Crippen LogP contribution in [0.3, 0.4) is 0 Å². The molecular formula is C18H26O6. The van der Waals surface area contributed by atoms with Gasteiger partial charge in [-0.1, -0.05) is 12.8 Å². The SMILES string of the molecule is CCOC(=O)Cc1cc(O)cc(O)c1C(=O)CCCCC[C@H](C)O. The first kappa shape index (κ1) is 20.0. The summed E-state index contributed by atoms with van der Waals surface area (Å²) >= 11 is 0. The van der Waals surface area contributed by atoms with Gasteiger partial charge in [0.1, 0.15) is 11.5 Å². The van der Waals surface area contributed by atoms with Crippen molar-refractivity contribution in [3.63, 3.8) is 0 Å². The standard InChI is InChI=1S/C18H26O6/c1-3-24-17(23)10-13-9-14(20)11-16(22)18(13)15(21)8-6-4-5-7-12(2)19/h9,11-12,19-20,22H,3-8,10H2,1-2H3/t12-/m0/s1. The average molecular weight is 338 g/mol. The Balaban J connectivity index is 2.77. The van der Waals surface area contributed by atoms with Gasteiger partial charge in [0.25, 0.3) is 0 Å². The van der Waals surface area contributed by atoms with Crippen molar-refractivity contribution in [2.75, 3.05) is 6.61 Å². The van der Waals surface area contributed by atoms with Gasteiger partial charge < -0.3 is 20.1 Å². The van der Waals surface area contributed by atoms with Crippen LogP contribution in [0.2, 0.25) is 0 Å². The maximum absolute atomic E-state index is 12.4. The molecule has 1 atom stereocenters. The maximum Gasteiger partial charge on any atom is 0.310 e. The Morgan fingerprint density at radius 3 is 2.50 bits per heavy atom. The summed E-state index contributed by atoms with van der Waals surface area (Å²) in [5.74, 6) is -1.33. The predicted molar refractivity (Wildman–Crippen MR) is 89.2 cm³/mol. The van der Waals surface area contributed by atoms with Crippen molar-refractivity contribution in [2.24, 2.45) is 0 Å². The van der Waals surface area contributed by atoms with Crippen molar-refractivity contribution in [1.29, 1.82) is 0 Å². The fourth-order valence-electron chi connectivity index (χ4n) is 2.53. The van der Waals surface area contributed by atoms with E-state index in [-0.39, 0.29) is 54.0 Å². The van der Waals surface area contributed by atoms with Crippen molar-refractivity contribution in [1.82, 2.24) is 0 Å². The number of aromatic hydroxyl groups is 2. The van der Waals surface area contributed by atoms with Gasteiger partial charge in [0.2, 0.25) is 0 Å². The van der Waals surface area contributed by atoms with Gasteiger partial charge in [-0.15, -0.1) is 0 Å². The summed E-state index contributed by atoms with van der Waals surface area (Å²) in [5, 5.41) is 28.8. The highest BCUT2D eigenvalue weighted by atomic mass is 16.5. The molecule has 0 fully saturated rings. The second-order valence-electron chi connectivity index (χ2n) is 5.85. The van der Waals surface area contributed by atoms with Gasteiger partial charge >= 0.3 is 5.97 Å². The number of carbonyl (C=O) groups excluding carboxylic acids is 2. The first-order valence-corrected chi connectivity index (χ1v) is 8.26. The quantitative estimate of drug-likeness (QED) is 0.344. The average Bonchev–Trinajstić information content (AvgIpc) is 2.45. The number of phenols is 2. The van der Waals surface area contributed by atoms with Crippen molar-refractivity contribution < 1.29 is 29.6 Å². The summed E-state index contributed by atoms with van der Waals surface area (Å²) in [5.41, 5.74) is 0.330. The zero-order valence-corrected chi connectivity index (χ0v) is 14.2. The van der Waals surface area contributed by atoms with Crippen LogP contribution >= 0.6 is 0 Å². The van der Waals surface area contributed by atoms with E-state index in [1.165, 1.54) is 6.07 Å². The largest absolute Gasteiger partial charge is 0.508 e. The predicted octanol–water partition coefficient (Wildman–Crippen LogP) is 2.72. The summed E-state index contributed by atoms with van der Waals surface area (Å²) in [7, 11) is 0. The van der Waals surface area contributed by atoms with Crippen LogP contribution < -0.4 is 0 Å². The number of hydrogen-bond donors (Lipinski definition) is 3. The van der Waals surface area contributed by atoms with Gasteiger partial charge in [0.15, 0.2) is 5.78 Å². The Morgan fingerprint density at radius 1 is 1.17 bits per heavy atom. The van der Waals surface area contributed by atoms with Crippen LogP contribution in [0.1, 0.15) is 61.9 Å². The summed E-state index contributed by atoms with van der Waals surface area (Å²) in [6.07, 6.45) is 2.63. The van der Waals surface area contributed by atoms with E-state index < -0.39 is 5.97 Å². The molecule has 0 saturated carbocycles. The number of hydrogen-bond acceptors (Lipinski definition) is 6. The summed E-state index contributed by atoms with van der Waals surface area (Å²) in [6, 6.07) is 2.40. The number of ether oxygens (including phenoxy) is 1. The van der Waals surface area contributed by atoms with Crippen LogP contribution in [-0.4, -0.2) is 39.8 Å². The van der Waals surface area contributed by atoms with Crippen molar-refractivity contribution in [2.45, 2.75) is 58.5 Å². The van der Waals surface area contributed by atoms with E-state index in [4.69, 9.17) is 4.74 Å². The lowest BCUT2D eigenvalue weighted by molar-refractivity contribution is -0.142. The molecule has 0 aliphatic carbocycles. The van der Waals surface area contributed by atoms with Gasteiger partial charge in [-0.05, 0) is 38.3 Å². The molecule has 0 aliphatic heterocycles. The molecule has 0 bridgehead atoms. The molecule has 1 rings (SSSR count). The van der Waals surface area contributed by atoms with Gasteiger partial charge in [-0.2, -0.15) is 0 Å². The van der Waals surface area contributed by atoms with Crippen LogP contribution in [-0.2, 0) is 16.0 Å². The zero-order valence-electron chi connectivity index (χ0n) is 14.2. The molecule has 3 N–H and O–H groups in total. The topological polar surface area (TPSA) is 104 Å². The fourth-order valence-corrected chi connectivity index (χ4v) is 2.53. The second-order valence-corrected chi connectivity index (χ2v) is 5.85. The Kier molecular flexibility index (Phi) is 8.26. The smallest absolute Gasteiger partial charge is 0.310 e. The Hall–Kier alpha value is -2.08. The fraction of sp³-hybridized carbons (Fsp3) is 0.556. The highest BCUT2D eigenvalue weighted by Crippen LogP contribution is 2.29. The molecule has 6 nitrogen and oxygen atoms in total. The Bertz CT molecular complexity index is 565. The monoisotopic (exact) mass is 338 g/mol. The lowest BCUT2D eigenvalue weighted by Crippen LogP contribution is -2.12. The number of ketones is 1. The van der Waals surface area contributed by atoms with Gasteiger partial charge in [0.05, 0.1) is 24.7 Å². The van der Waals surface area contributed by atoms with Gasteiger partial charge in [0, 0.05) is 12.5 Å². The van der Waals surface area contributed by atoms with E-state index in [1.54, 1.807) is 13.8 Å². The lowest BCUT2D eigenvalue weighted by atomic mass is 9.96. The Labute approximate surface area is 142 Å². The van der Waals surface area contributed by atoms with E-state index in [1.807, 2.05) is 0 Å². The minimum Gasteiger partial charge on any atom is -0.508 e. The molecule has 134 valence electrons. The third-order valence-electron chi connectivity index (χ3n) is 3.63. The van der Waals surface area contributed by atoms with E-state index in [9.17, 15) is 24.9 Å². The van der Waals surface area contributed by atoms with E-state index in [0.717, 1.165) is 18.9 Å². The molecule has 0 amide bonds. The molecule has 0 aromatic heterocycles. The minimum atomic E-state index is -0.520. The molecule has 0 spiro atoms. The zero-order chi connectivity index (χ0) is 18.1. The van der Waals surface area contributed by atoms with Crippen LogP contribution in [0.15, 0.2) is 12.1 Å². The molecule has 0 aliphatic rings. The molecule has 6 heteroatoms. The van der Waals surface area contributed by atoms with E-state index >= 15 is 0 Å². The molecular weight excluding hydrogens is 312 g/mol. The lowest BCUT2D eigenvalue weighted by Gasteiger charge is -2.11. The third-order valence-corrected chi connectivity index (χ3v) is 3.63. The molecule has 1 aromatic rings. The highest BCUT2D eigenvalue weighted by molar-refractivity contribution is 6.01. The summed E-state index contributed by atoms with van der Waals surface area (Å²) in [6.45, 7) is 3.62.